The van der Waals surface area contributed by atoms with Crippen LogP contribution in [0.2, 0.25) is 0 Å². The molecule has 0 spiro atoms. The van der Waals surface area contributed by atoms with Gasteiger partial charge in [0.05, 0.1) is 20.8 Å². The van der Waals surface area contributed by atoms with Gasteiger partial charge in [-0.2, -0.15) is 0 Å². The standard InChI is InChI=1S/C25H27NO6/c1-15-13-21-16(25(2,3)11-12-30-21)14-20(15)32-22-10-9-19(31-22)24(27)26-23-17(28-4)7-6-8-18(23)29-5/h6-10,13-14H,11-12H2,1-5H3,(H,26,27). The van der Waals surface area contributed by atoms with Crippen molar-refractivity contribution in [3.05, 3.63) is 59.4 Å². The molecule has 0 saturated carbocycles. The number of furan rings is 1. The van der Waals surface area contributed by atoms with Crippen molar-refractivity contribution in [3.8, 4) is 28.9 Å². The SMILES string of the molecule is COc1cccc(OC)c1NC(=O)c1ccc(Oc2cc3c(cc2C)OCCC3(C)C)o1. The van der Waals surface area contributed by atoms with Crippen molar-refractivity contribution in [1.29, 1.82) is 0 Å². The first-order valence-electron chi connectivity index (χ1n) is 10.4. The van der Waals surface area contributed by atoms with Crippen LogP contribution in [0.5, 0.6) is 28.9 Å². The highest BCUT2D eigenvalue weighted by Crippen LogP contribution is 2.42. The maximum atomic E-state index is 12.8. The maximum absolute atomic E-state index is 12.8. The molecule has 1 amide bonds. The molecule has 0 saturated heterocycles. The lowest BCUT2D eigenvalue weighted by atomic mass is 9.79. The van der Waals surface area contributed by atoms with Crippen LogP contribution in [0.3, 0.4) is 0 Å². The molecule has 7 nitrogen and oxygen atoms in total. The molecule has 0 unspecified atom stereocenters. The lowest BCUT2D eigenvalue weighted by molar-refractivity contribution is 0.0991. The number of para-hydroxylation sites is 1. The van der Waals surface area contributed by atoms with Gasteiger partial charge in [0.1, 0.15) is 28.7 Å². The Bertz CT molecular complexity index is 1130. The maximum Gasteiger partial charge on any atom is 0.291 e. The van der Waals surface area contributed by atoms with E-state index in [1.165, 1.54) is 14.2 Å². The number of amides is 1. The number of ether oxygens (including phenoxy) is 4. The molecule has 0 aliphatic carbocycles. The van der Waals surface area contributed by atoms with Crippen molar-refractivity contribution >= 4 is 11.6 Å². The lowest BCUT2D eigenvalue weighted by Crippen LogP contribution is -2.26. The second kappa shape index (κ2) is 8.49. The van der Waals surface area contributed by atoms with Crippen molar-refractivity contribution in [1.82, 2.24) is 0 Å². The first-order chi connectivity index (χ1) is 15.3. The normalized spacial score (nSPS) is 14.2. The number of fused-ring (bicyclic) bond motifs is 1. The number of benzene rings is 2. The Balaban J connectivity index is 1.55. The van der Waals surface area contributed by atoms with Gasteiger partial charge in [-0.3, -0.25) is 4.79 Å². The van der Waals surface area contributed by atoms with Crippen molar-refractivity contribution in [2.45, 2.75) is 32.6 Å². The van der Waals surface area contributed by atoms with Gasteiger partial charge in [-0.1, -0.05) is 19.9 Å². The predicted molar refractivity (Wildman–Crippen MR) is 121 cm³/mol. The Kier molecular flexibility index (Phi) is 5.74. The number of anilines is 1. The fourth-order valence-corrected chi connectivity index (χ4v) is 3.73. The van der Waals surface area contributed by atoms with E-state index in [1.807, 2.05) is 19.1 Å². The second-order valence-corrected chi connectivity index (χ2v) is 8.31. The molecule has 7 heteroatoms. The average molecular weight is 437 g/mol. The molecule has 1 aliphatic rings. The van der Waals surface area contributed by atoms with E-state index in [9.17, 15) is 4.79 Å². The van der Waals surface area contributed by atoms with E-state index in [0.717, 1.165) is 23.3 Å². The molecule has 0 fully saturated rings. The fourth-order valence-electron chi connectivity index (χ4n) is 3.73. The van der Waals surface area contributed by atoms with Crippen LogP contribution in [0.4, 0.5) is 5.69 Å². The zero-order valence-electron chi connectivity index (χ0n) is 18.9. The Morgan fingerprint density at radius 2 is 1.75 bits per heavy atom. The van der Waals surface area contributed by atoms with Gasteiger partial charge in [0.25, 0.3) is 11.9 Å². The highest BCUT2D eigenvalue weighted by atomic mass is 16.6. The largest absolute Gasteiger partial charge is 0.494 e. The summed E-state index contributed by atoms with van der Waals surface area (Å²) in [5.41, 5.74) is 2.43. The monoisotopic (exact) mass is 437 g/mol. The van der Waals surface area contributed by atoms with Crippen molar-refractivity contribution in [2.75, 3.05) is 26.1 Å². The Labute approximate surface area is 187 Å². The van der Waals surface area contributed by atoms with Crippen LogP contribution in [0.1, 0.15) is 41.9 Å². The highest BCUT2D eigenvalue weighted by Gasteiger charge is 2.30. The molecule has 0 radical (unpaired) electrons. The fraction of sp³-hybridized carbons (Fsp3) is 0.320. The molecule has 1 aliphatic heterocycles. The molecule has 2 aromatic carbocycles. The molecule has 4 rings (SSSR count). The van der Waals surface area contributed by atoms with E-state index in [-0.39, 0.29) is 17.1 Å². The van der Waals surface area contributed by atoms with E-state index >= 15 is 0 Å². The quantitative estimate of drug-likeness (QED) is 0.532. The van der Waals surface area contributed by atoms with Crippen molar-refractivity contribution in [2.24, 2.45) is 0 Å². The molecule has 1 N–H and O–H groups in total. The van der Waals surface area contributed by atoms with Gasteiger partial charge in [0.2, 0.25) is 0 Å². The average Bonchev–Trinajstić information content (AvgIpc) is 3.23. The molecule has 168 valence electrons. The van der Waals surface area contributed by atoms with E-state index in [0.29, 0.717) is 29.5 Å². The van der Waals surface area contributed by atoms with E-state index in [4.69, 9.17) is 23.4 Å². The van der Waals surface area contributed by atoms with Crippen molar-refractivity contribution < 1.29 is 28.2 Å². The minimum absolute atomic E-state index is 0.0125. The van der Waals surface area contributed by atoms with Gasteiger partial charge in [-0.15, -0.1) is 0 Å². The minimum Gasteiger partial charge on any atom is -0.494 e. The molecule has 0 bridgehead atoms. The van der Waals surface area contributed by atoms with Gasteiger partial charge in [-0.05, 0) is 54.7 Å². The Morgan fingerprint density at radius 3 is 2.44 bits per heavy atom. The number of hydrogen-bond acceptors (Lipinski definition) is 6. The molecule has 2 heterocycles. The van der Waals surface area contributed by atoms with Crippen LogP contribution in [0.15, 0.2) is 46.9 Å². The topological polar surface area (TPSA) is 79.2 Å². The summed E-state index contributed by atoms with van der Waals surface area (Å²) < 4.78 is 28.1. The van der Waals surface area contributed by atoms with Crippen LogP contribution >= 0.6 is 0 Å². The van der Waals surface area contributed by atoms with Gasteiger partial charge < -0.3 is 28.7 Å². The van der Waals surface area contributed by atoms with Crippen LogP contribution in [-0.2, 0) is 5.41 Å². The number of aryl methyl sites for hydroxylation is 1. The summed E-state index contributed by atoms with van der Waals surface area (Å²) in [7, 11) is 3.05. The zero-order chi connectivity index (χ0) is 22.9. The summed E-state index contributed by atoms with van der Waals surface area (Å²) in [6.07, 6.45) is 0.931. The summed E-state index contributed by atoms with van der Waals surface area (Å²) in [6, 6.07) is 12.4. The van der Waals surface area contributed by atoms with E-state index in [1.54, 1.807) is 30.3 Å². The number of rotatable bonds is 6. The summed E-state index contributed by atoms with van der Waals surface area (Å²) in [6.45, 7) is 7.03. The predicted octanol–water partition coefficient (Wildman–Crippen LogP) is 5.71. The van der Waals surface area contributed by atoms with Crippen LogP contribution in [0, 0.1) is 6.92 Å². The van der Waals surface area contributed by atoms with Crippen LogP contribution in [0.25, 0.3) is 0 Å². The number of hydrogen-bond donors (Lipinski definition) is 1. The van der Waals surface area contributed by atoms with Gasteiger partial charge >= 0.3 is 0 Å². The van der Waals surface area contributed by atoms with Gasteiger partial charge in [0, 0.05) is 11.6 Å². The minimum atomic E-state index is -0.445. The third-order valence-electron chi connectivity index (χ3n) is 5.67. The molecular formula is C25H27NO6. The molecule has 1 aromatic heterocycles. The smallest absolute Gasteiger partial charge is 0.291 e. The summed E-state index contributed by atoms with van der Waals surface area (Å²) in [5, 5.41) is 2.78. The number of carbonyl (C=O) groups is 1. The third kappa shape index (κ3) is 4.10. The van der Waals surface area contributed by atoms with Crippen LogP contribution in [-0.4, -0.2) is 26.7 Å². The third-order valence-corrected chi connectivity index (χ3v) is 5.67. The summed E-state index contributed by atoms with van der Waals surface area (Å²) >= 11 is 0. The Morgan fingerprint density at radius 1 is 1.03 bits per heavy atom. The summed E-state index contributed by atoms with van der Waals surface area (Å²) in [4.78, 5) is 12.8. The van der Waals surface area contributed by atoms with Gasteiger partial charge in [0.15, 0.2) is 5.76 Å². The van der Waals surface area contributed by atoms with E-state index < -0.39 is 5.91 Å². The van der Waals surface area contributed by atoms with Crippen LogP contribution < -0.4 is 24.3 Å². The number of nitrogens with one attached hydrogen (secondary N) is 1. The first kappa shape index (κ1) is 21.6. The summed E-state index contributed by atoms with van der Waals surface area (Å²) in [5.74, 6) is 2.39. The van der Waals surface area contributed by atoms with E-state index in [2.05, 4.69) is 19.2 Å². The second-order valence-electron chi connectivity index (χ2n) is 8.31. The molecule has 32 heavy (non-hydrogen) atoms. The first-order valence-corrected chi connectivity index (χ1v) is 10.4. The highest BCUT2D eigenvalue weighted by molar-refractivity contribution is 6.04. The molecule has 3 aromatic rings. The van der Waals surface area contributed by atoms with Crippen molar-refractivity contribution in [3.63, 3.8) is 0 Å². The van der Waals surface area contributed by atoms with Gasteiger partial charge in [-0.25, -0.2) is 0 Å². The number of carbonyl (C=O) groups excluding carboxylic acids is 1. The zero-order valence-corrected chi connectivity index (χ0v) is 18.9. The number of methoxy groups -OCH3 is 2. The lowest BCUT2D eigenvalue weighted by Gasteiger charge is -2.33. The molecular weight excluding hydrogens is 410 g/mol. The Hall–Kier alpha value is -3.61. The molecule has 0 atom stereocenters.